The zero-order chi connectivity index (χ0) is 14.1. The fraction of sp³-hybridized carbons (Fsp3) is 0.917. The first-order valence-corrected chi connectivity index (χ1v) is 7.92. The van der Waals surface area contributed by atoms with E-state index in [0.29, 0.717) is 24.1 Å². The highest BCUT2D eigenvalue weighted by atomic mass is 127. The summed E-state index contributed by atoms with van der Waals surface area (Å²) >= 11 is 2.06. The standard InChI is InChI=1S/C12H17F3INO2/c13-12(14,15)10(18)17-8-11(2-1-9(17)7-16)3-5-19-6-4-11/h9H,1-8H2. The molecule has 0 bridgehead atoms. The molecule has 2 fully saturated rings. The van der Waals surface area contributed by atoms with Crippen molar-refractivity contribution in [1.29, 1.82) is 0 Å². The van der Waals surface area contributed by atoms with E-state index in [1.54, 1.807) is 0 Å². The molecule has 2 saturated heterocycles. The van der Waals surface area contributed by atoms with Crippen LogP contribution >= 0.6 is 22.6 Å². The maximum absolute atomic E-state index is 12.7. The summed E-state index contributed by atoms with van der Waals surface area (Å²) in [5.41, 5.74) is -0.165. The highest BCUT2D eigenvalue weighted by Gasteiger charge is 2.49. The number of carbonyl (C=O) groups excluding carboxylic acids is 1. The van der Waals surface area contributed by atoms with Crippen LogP contribution in [0.4, 0.5) is 13.2 Å². The Bertz CT molecular complexity index is 342. The molecular weight excluding hydrogens is 374 g/mol. The second-order valence-corrected chi connectivity index (χ2v) is 6.27. The monoisotopic (exact) mass is 391 g/mol. The molecule has 2 rings (SSSR count). The number of likely N-dealkylation sites (tertiary alicyclic amines) is 1. The molecule has 3 nitrogen and oxygen atoms in total. The fourth-order valence-corrected chi connectivity index (χ4v) is 3.89. The number of nitrogens with zero attached hydrogens (tertiary/aromatic N) is 1. The van der Waals surface area contributed by atoms with Gasteiger partial charge in [0.25, 0.3) is 0 Å². The Hall–Kier alpha value is -0.0500. The predicted octanol–water partition coefficient (Wildman–Crippen LogP) is 2.77. The lowest BCUT2D eigenvalue weighted by molar-refractivity contribution is -0.192. The number of ether oxygens (including phenoxy) is 1. The number of hydrogen-bond acceptors (Lipinski definition) is 2. The normalized spacial score (nSPS) is 27.6. The summed E-state index contributed by atoms with van der Waals surface area (Å²) in [5.74, 6) is -1.68. The summed E-state index contributed by atoms with van der Waals surface area (Å²) in [6.45, 7) is 1.40. The van der Waals surface area contributed by atoms with Gasteiger partial charge in [-0.2, -0.15) is 13.2 Å². The van der Waals surface area contributed by atoms with Crippen molar-refractivity contribution >= 4 is 28.5 Å². The third-order valence-corrected chi connectivity index (χ3v) is 5.21. The highest BCUT2D eigenvalue weighted by Crippen LogP contribution is 2.42. The smallest absolute Gasteiger partial charge is 0.381 e. The topological polar surface area (TPSA) is 29.5 Å². The summed E-state index contributed by atoms with van der Waals surface area (Å²) < 4.78 is 43.9. The van der Waals surface area contributed by atoms with Crippen molar-refractivity contribution in [2.24, 2.45) is 5.41 Å². The van der Waals surface area contributed by atoms with Crippen molar-refractivity contribution < 1.29 is 22.7 Å². The highest BCUT2D eigenvalue weighted by molar-refractivity contribution is 14.1. The SMILES string of the molecule is O=C(N1CC2(CCOCC2)CCC1CI)C(F)(F)F. The molecule has 1 atom stereocenters. The molecule has 0 radical (unpaired) electrons. The molecule has 1 amide bonds. The maximum atomic E-state index is 12.7. The Morgan fingerprint density at radius 1 is 1.32 bits per heavy atom. The summed E-state index contributed by atoms with van der Waals surface area (Å²) in [7, 11) is 0. The van der Waals surface area contributed by atoms with Gasteiger partial charge in [-0.05, 0) is 31.1 Å². The van der Waals surface area contributed by atoms with Gasteiger partial charge in [0.1, 0.15) is 0 Å². The average Bonchev–Trinajstić information content (AvgIpc) is 2.38. The van der Waals surface area contributed by atoms with Crippen LogP contribution in [0, 0.1) is 5.41 Å². The number of carbonyl (C=O) groups is 1. The third kappa shape index (κ3) is 3.34. The number of rotatable bonds is 1. The van der Waals surface area contributed by atoms with Gasteiger partial charge in [0, 0.05) is 30.2 Å². The van der Waals surface area contributed by atoms with Gasteiger partial charge in [-0.3, -0.25) is 4.79 Å². The molecule has 0 N–H and O–H groups in total. The molecule has 0 saturated carbocycles. The van der Waals surface area contributed by atoms with Gasteiger partial charge in [0.15, 0.2) is 0 Å². The molecule has 7 heteroatoms. The van der Waals surface area contributed by atoms with E-state index in [4.69, 9.17) is 4.74 Å². The molecule has 2 aliphatic rings. The average molecular weight is 391 g/mol. The van der Waals surface area contributed by atoms with E-state index in [1.165, 1.54) is 0 Å². The van der Waals surface area contributed by atoms with Crippen LogP contribution in [0.5, 0.6) is 0 Å². The molecule has 1 spiro atoms. The van der Waals surface area contributed by atoms with Gasteiger partial charge in [-0.25, -0.2) is 0 Å². The van der Waals surface area contributed by atoms with Crippen LogP contribution in [-0.4, -0.2) is 47.2 Å². The van der Waals surface area contributed by atoms with E-state index in [0.717, 1.165) is 24.2 Å². The second-order valence-electron chi connectivity index (χ2n) is 5.39. The van der Waals surface area contributed by atoms with Crippen LogP contribution in [0.15, 0.2) is 0 Å². The lowest BCUT2D eigenvalue weighted by Gasteiger charge is -2.48. The molecule has 0 aromatic rings. The molecule has 19 heavy (non-hydrogen) atoms. The van der Waals surface area contributed by atoms with E-state index in [9.17, 15) is 18.0 Å². The first kappa shape index (κ1) is 15.3. The third-order valence-electron chi connectivity index (χ3n) is 4.19. The van der Waals surface area contributed by atoms with Crippen LogP contribution in [0.25, 0.3) is 0 Å². The molecule has 1 unspecified atom stereocenters. The van der Waals surface area contributed by atoms with Crippen molar-refractivity contribution in [3.05, 3.63) is 0 Å². The minimum Gasteiger partial charge on any atom is -0.381 e. The Kier molecular flexibility index (Phi) is 4.64. The van der Waals surface area contributed by atoms with Crippen molar-refractivity contribution in [1.82, 2.24) is 4.90 Å². The lowest BCUT2D eigenvalue weighted by Crippen LogP contribution is -2.56. The second kappa shape index (κ2) is 5.75. The van der Waals surface area contributed by atoms with Gasteiger partial charge in [-0.15, -0.1) is 0 Å². The van der Waals surface area contributed by atoms with E-state index in [2.05, 4.69) is 22.6 Å². The molecule has 2 heterocycles. The number of alkyl halides is 4. The molecule has 0 aromatic carbocycles. The molecular formula is C12H17F3INO2. The number of piperidine rings is 1. The van der Waals surface area contributed by atoms with Crippen molar-refractivity contribution in [3.8, 4) is 0 Å². The molecule has 110 valence electrons. The van der Waals surface area contributed by atoms with Crippen LogP contribution in [0.2, 0.25) is 0 Å². The summed E-state index contributed by atoms with van der Waals surface area (Å²) in [6.07, 6.45) is -1.71. The lowest BCUT2D eigenvalue weighted by atomic mass is 9.72. The Labute approximate surface area is 124 Å². The minimum absolute atomic E-state index is 0.165. The number of amides is 1. The van der Waals surface area contributed by atoms with Gasteiger partial charge in [-0.1, -0.05) is 22.6 Å². The van der Waals surface area contributed by atoms with Gasteiger partial charge < -0.3 is 9.64 Å². The molecule has 2 aliphatic heterocycles. The largest absolute Gasteiger partial charge is 0.471 e. The summed E-state index contributed by atoms with van der Waals surface area (Å²) in [6, 6.07) is -0.289. The Morgan fingerprint density at radius 3 is 2.47 bits per heavy atom. The van der Waals surface area contributed by atoms with Crippen LogP contribution in [-0.2, 0) is 9.53 Å². The zero-order valence-corrected chi connectivity index (χ0v) is 12.7. The summed E-state index contributed by atoms with van der Waals surface area (Å²) in [5, 5.41) is 0. The first-order valence-electron chi connectivity index (χ1n) is 6.39. The van der Waals surface area contributed by atoms with Gasteiger partial charge >= 0.3 is 12.1 Å². The Morgan fingerprint density at radius 2 is 1.95 bits per heavy atom. The quantitative estimate of drug-likeness (QED) is 0.508. The van der Waals surface area contributed by atoms with E-state index >= 15 is 0 Å². The van der Waals surface area contributed by atoms with E-state index < -0.39 is 12.1 Å². The van der Waals surface area contributed by atoms with Crippen LogP contribution in [0.3, 0.4) is 0 Å². The van der Waals surface area contributed by atoms with Gasteiger partial charge in [0.05, 0.1) is 0 Å². The van der Waals surface area contributed by atoms with E-state index in [-0.39, 0.29) is 18.0 Å². The van der Waals surface area contributed by atoms with Crippen molar-refractivity contribution in [2.75, 3.05) is 24.2 Å². The Balaban J connectivity index is 2.15. The van der Waals surface area contributed by atoms with Crippen LogP contribution in [0.1, 0.15) is 25.7 Å². The predicted molar refractivity (Wildman–Crippen MR) is 72.2 cm³/mol. The molecule has 0 aliphatic carbocycles. The zero-order valence-electron chi connectivity index (χ0n) is 10.5. The fourth-order valence-electron chi connectivity index (χ4n) is 2.97. The van der Waals surface area contributed by atoms with Crippen LogP contribution < -0.4 is 0 Å². The van der Waals surface area contributed by atoms with Crippen molar-refractivity contribution in [3.63, 3.8) is 0 Å². The number of halogens is 4. The number of hydrogen-bond donors (Lipinski definition) is 0. The molecule has 0 aromatic heterocycles. The minimum atomic E-state index is -4.77. The van der Waals surface area contributed by atoms with Gasteiger partial charge in [0.2, 0.25) is 0 Å². The maximum Gasteiger partial charge on any atom is 0.471 e. The first-order chi connectivity index (χ1) is 8.88. The summed E-state index contributed by atoms with van der Waals surface area (Å²) in [4.78, 5) is 12.6. The van der Waals surface area contributed by atoms with Crippen molar-refractivity contribution in [2.45, 2.75) is 37.9 Å². The van der Waals surface area contributed by atoms with E-state index in [1.807, 2.05) is 0 Å².